The fraction of sp³-hybridized carbons (Fsp3) is 0.462. The molecule has 0 aliphatic heterocycles. The van der Waals surface area contributed by atoms with Gasteiger partial charge in [0.05, 0.1) is 20.6 Å². The van der Waals surface area contributed by atoms with Crippen molar-refractivity contribution >= 4 is 5.91 Å². The van der Waals surface area contributed by atoms with Crippen LogP contribution in [-0.4, -0.2) is 33.2 Å². The number of methoxy groups -OCH3 is 2. The van der Waals surface area contributed by atoms with Crippen molar-refractivity contribution in [1.29, 1.82) is 0 Å². The van der Waals surface area contributed by atoms with Gasteiger partial charge in [-0.05, 0) is 31.2 Å². The third kappa shape index (κ3) is 4.25. The number of hydrogen-bond donors (Lipinski definition) is 2. The molecule has 0 fully saturated rings. The minimum absolute atomic E-state index is 0.0463. The zero-order valence-electron chi connectivity index (χ0n) is 10.9. The van der Waals surface area contributed by atoms with E-state index in [0.29, 0.717) is 24.6 Å². The fourth-order valence-corrected chi connectivity index (χ4v) is 1.59. The molecule has 5 heteroatoms. The summed E-state index contributed by atoms with van der Waals surface area (Å²) in [6, 6.07) is 5.40. The average molecular weight is 252 g/mol. The largest absolute Gasteiger partial charge is 0.497 e. The first-order valence-electron chi connectivity index (χ1n) is 5.89. The number of nitrogens with one attached hydrogen (secondary N) is 1. The van der Waals surface area contributed by atoms with Crippen LogP contribution in [0, 0.1) is 0 Å². The Balaban J connectivity index is 2.66. The van der Waals surface area contributed by atoms with Gasteiger partial charge in [-0.2, -0.15) is 0 Å². The third-order valence-electron chi connectivity index (χ3n) is 2.54. The molecule has 0 aromatic heterocycles. The number of nitrogens with two attached hydrogens (primary N) is 1. The molecule has 0 saturated heterocycles. The van der Waals surface area contributed by atoms with Gasteiger partial charge in [-0.3, -0.25) is 4.79 Å². The number of amides is 1. The first-order chi connectivity index (χ1) is 8.71. The van der Waals surface area contributed by atoms with E-state index in [2.05, 4.69) is 5.32 Å². The van der Waals surface area contributed by atoms with Crippen LogP contribution in [0.5, 0.6) is 11.5 Å². The van der Waals surface area contributed by atoms with Crippen molar-refractivity contribution < 1.29 is 14.3 Å². The molecule has 0 unspecified atom stereocenters. The number of ether oxygens (including phenoxy) is 2. The average Bonchev–Trinajstić information content (AvgIpc) is 2.39. The fourth-order valence-electron chi connectivity index (χ4n) is 1.59. The monoisotopic (exact) mass is 252 g/mol. The molecule has 100 valence electrons. The van der Waals surface area contributed by atoms with Gasteiger partial charge in [0.25, 0.3) is 0 Å². The maximum absolute atomic E-state index is 11.7. The van der Waals surface area contributed by atoms with Crippen LogP contribution in [-0.2, 0) is 11.2 Å². The zero-order valence-corrected chi connectivity index (χ0v) is 10.9. The number of rotatable bonds is 7. The molecule has 3 N–H and O–H groups in total. The Morgan fingerprint density at radius 3 is 2.72 bits per heavy atom. The molecule has 0 saturated carbocycles. The highest BCUT2D eigenvalue weighted by molar-refractivity contribution is 5.79. The van der Waals surface area contributed by atoms with E-state index < -0.39 is 0 Å². The summed E-state index contributed by atoms with van der Waals surface area (Å²) >= 11 is 0. The van der Waals surface area contributed by atoms with Crippen LogP contribution >= 0.6 is 0 Å². The van der Waals surface area contributed by atoms with Crippen molar-refractivity contribution in [2.75, 3.05) is 27.3 Å². The van der Waals surface area contributed by atoms with E-state index in [1.54, 1.807) is 32.4 Å². The van der Waals surface area contributed by atoms with Crippen LogP contribution in [0.4, 0.5) is 0 Å². The number of carbonyl (C=O) groups excluding carboxylic acids is 1. The van der Waals surface area contributed by atoms with Gasteiger partial charge in [0, 0.05) is 12.1 Å². The Morgan fingerprint density at radius 1 is 1.33 bits per heavy atom. The summed E-state index contributed by atoms with van der Waals surface area (Å²) in [7, 11) is 3.17. The molecular formula is C13H20N2O3. The van der Waals surface area contributed by atoms with Gasteiger partial charge < -0.3 is 20.5 Å². The van der Waals surface area contributed by atoms with Crippen molar-refractivity contribution in [2.24, 2.45) is 5.73 Å². The van der Waals surface area contributed by atoms with Gasteiger partial charge in [-0.1, -0.05) is 0 Å². The highest BCUT2D eigenvalue weighted by Crippen LogP contribution is 2.24. The molecule has 5 nitrogen and oxygen atoms in total. The summed E-state index contributed by atoms with van der Waals surface area (Å²) in [4.78, 5) is 11.7. The van der Waals surface area contributed by atoms with E-state index in [4.69, 9.17) is 15.2 Å². The second kappa shape index (κ2) is 7.55. The zero-order chi connectivity index (χ0) is 13.4. The summed E-state index contributed by atoms with van der Waals surface area (Å²) in [5.74, 6) is 1.35. The highest BCUT2D eigenvalue weighted by Gasteiger charge is 2.09. The SMILES string of the molecule is COc1ccc(OC)c(CC(=O)NCCCN)c1. The first-order valence-corrected chi connectivity index (χ1v) is 5.89. The Kier molecular flexibility index (Phi) is 6.00. The maximum Gasteiger partial charge on any atom is 0.224 e. The van der Waals surface area contributed by atoms with Gasteiger partial charge in [-0.25, -0.2) is 0 Å². The molecule has 0 spiro atoms. The topological polar surface area (TPSA) is 73.6 Å². The van der Waals surface area contributed by atoms with Gasteiger partial charge >= 0.3 is 0 Å². The van der Waals surface area contributed by atoms with E-state index in [-0.39, 0.29) is 12.3 Å². The van der Waals surface area contributed by atoms with Crippen LogP contribution in [0.25, 0.3) is 0 Å². The summed E-state index contributed by atoms with van der Waals surface area (Å²) in [6.45, 7) is 1.17. The van der Waals surface area contributed by atoms with Crippen LogP contribution in [0.2, 0.25) is 0 Å². The molecule has 1 aromatic carbocycles. The Hall–Kier alpha value is -1.75. The number of benzene rings is 1. The van der Waals surface area contributed by atoms with Crippen LogP contribution < -0.4 is 20.5 Å². The van der Waals surface area contributed by atoms with Gasteiger partial charge in [0.15, 0.2) is 0 Å². The van der Waals surface area contributed by atoms with Crippen molar-refractivity contribution in [3.05, 3.63) is 23.8 Å². The van der Waals surface area contributed by atoms with Gasteiger partial charge in [0.2, 0.25) is 5.91 Å². The lowest BCUT2D eigenvalue weighted by Gasteiger charge is -2.10. The van der Waals surface area contributed by atoms with Crippen molar-refractivity contribution in [3.8, 4) is 11.5 Å². The minimum atomic E-state index is -0.0463. The molecular weight excluding hydrogens is 232 g/mol. The molecule has 0 aliphatic carbocycles. The molecule has 0 bridgehead atoms. The summed E-state index contributed by atoms with van der Waals surface area (Å²) in [6.07, 6.45) is 1.05. The van der Waals surface area contributed by atoms with E-state index in [0.717, 1.165) is 12.0 Å². The van der Waals surface area contributed by atoms with E-state index in [1.807, 2.05) is 0 Å². The lowest BCUT2D eigenvalue weighted by Crippen LogP contribution is -2.27. The third-order valence-corrected chi connectivity index (χ3v) is 2.54. The molecule has 0 heterocycles. The van der Waals surface area contributed by atoms with Crippen molar-refractivity contribution in [1.82, 2.24) is 5.32 Å². The second-order valence-corrected chi connectivity index (χ2v) is 3.85. The molecule has 0 aliphatic rings. The van der Waals surface area contributed by atoms with Crippen molar-refractivity contribution in [2.45, 2.75) is 12.8 Å². The highest BCUT2D eigenvalue weighted by atomic mass is 16.5. The van der Waals surface area contributed by atoms with Crippen LogP contribution in [0.15, 0.2) is 18.2 Å². The lowest BCUT2D eigenvalue weighted by atomic mass is 10.1. The molecule has 1 amide bonds. The lowest BCUT2D eigenvalue weighted by molar-refractivity contribution is -0.120. The standard InChI is InChI=1S/C13H20N2O3/c1-17-11-4-5-12(18-2)10(8-11)9-13(16)15-7-3-6-14/h4-5,8H,3,6-7,9,14H2,1-2H3,(H,15,16). The normalized spacial score (nSPS) is 9.94. The van der Waals surface area contributed by atoms with E-state index in [9.17, 15) is 4.79 Å². The van der Waals surface area contributed by atoms with Crippen LogP contribution in [0.1, 0.15) is 12.0 Å². The molecule has 18 heavy (non-hydrogen) atoms. The number of hydrogen-bond acceptors (Lipinski definition) is 4. The molecule has 0 radical (unpaired) electrons. The molecule has 1 aromatic rings. The summed E-state index contributed by atoms with van der Waals surface area (Å²) in [5.41, 5.74) is 6.17. The predicted octanol–water partition coefficient (Wildman–Crippen LogP) is 0.711. The van der Waals surface area contributed by atoms with Gasteiger partial charge in [-0.15, -0.1) is 0 Å². The Bertz CT molecular complexity index is 394. The van der Waals surface area contributed by atoms with Gasteiger partial charge in [0.1, 0.15) is 11.5 Å². The van der Waals surface area contributed by atoms with E-state index in [1.165, 1.54) is 0 Å². The second-order valence-electron chi connectivity index (χ2n) is 3.85. The smallest absolute Gasteiger partial charge is 0.224 e. The van der Waals surface area contributed by atoms with Crippen LogP contribution in [0.3, 0.4) is 0 Å². The first kappa shape index (κ1) is 14.3. The predicted molar refractivity (Wildman–Crippen MR) is 69.9 cm³/mol. The molecule has 1 rings (SSSR count). The summed E-state index contributed by atoms with van der Waals surface area (Å²) < 4.78 is 10.3. The van der Waals surface area contributed by atoms with E-state index >= 15 is 0 Å². The Morgan fingerprint density at radius 2 is 2.11 bits per heavy atom. The minimum Gasteiger partial charge on any atom is -0.497 e. The summed E-state index contributed by atoms with van der Waals surface area (Å²) in [5, 5.41) is 2.81. The number of carbonyl (C=O) groups is 1. The van der Waals surface area contributed by atoms with Crippen molar-refractivity contribution in [3.63, 3.8) is 0 Å². The Labute approximate surface area is 107 Å². The maximum atomic E-state index is 11.7. The molecule has 0 atom stereocenters. The quantitative estimate of drug-likeness (QED) is 0.701.